The Balaban J connectivity index is 1.58. The summed E-state index contributed by atoms with van der Waals surface area (Å²) in [7, 11) is 0. The first-order chi connectivity index (χ1) is 12.0. The summed E-state index contributed by atoms with van der Waals surface area (Å²) in [6, 6.07) is 8.54. The highest BCUT2D eigenvalue weighted by atomic mass is 16.2. The van der Waals surface area contributed by atoms with Gasteiger partial charge in [-0.2, -0.15) is 0 Å². The lowest BCUT2D eigenvalue weighted by Crippen LogP contribution is -2.48. The van der Waals surface area contributed by atoms with Crippen molar-refractivity contribution < 1.29 is 9.59 Å². The summed E-state index contributed by atoms with van der Waals surface area (Å²) in [6.07, 6.45) is 5.33. The molecule has 1 N–H and O–H groups in total. The lowest BCUT2D eigenvalue weighted by molar-refractivity contribution is -0.121. The van der Waals surface area contributed by atoms with Crippen LogP contribution in [0.25, 0.3) is 0 Å². The Labute approximate surface area is 149 Å². The molecule has 2 unspecified atom stereocenters. The molecule has 2 atom stereocenters. The third-order valence-corrected chi connectivity index (χ3v) is 5.79. The van der Waals surface area contributed by atoms with Gasteiger partial charge < -0.3 is 10.2 Å². The molecule has 1 aromatic rings. The molecule has 2 fully saturated rings. The minimum absolute atomic E-state index is 0.0272. The van der Waals surface area contributed by atoms with Crippen LogP contribution < -0.4 is 10.2 Å². The Kier molecular flexibility index (Phi) is 4.28. The van der Waals surface area contributed by atoms with Crippen LogP contribution in [0.5, 0.6) is 0 Å². The fraction of sp³-hybridized carbons (Fsp3) is 0.600. The highest BCUT2D eigenvalue weighted by Crippen LogP contribution is 2.40. The first kappa shape index (κ1) is 16.6. The van der Waals surface area contributed by atoms with Gasteiger partial charge in [0.1, 0.15) is 0 Å². The molecule has 25 heavy (non-hydrogen) atoms. The summed E-state index contributed by atoms with van der Waals surface area (Å²) in [5.41, 5.74) is 1.55. The number of benzene rings is 1. The number of carbonyl (C=O) groups is 2. The number of anilines is 2. The number of nitrogens with zero attached hydrogens (tertiary/aromatic N) is 2. The first-order valence-corrected chi connectivity index (χ1v) is 9.51. The number of carbonyl (C=O) groups excluding carboxylic acids is 2. The van der Waals surface area contributed by atoms with E-state index >= 15 is 0 Å². The van der Waals surface area contributed by atoms with Crippen molar-refractivity contribution in [3.05, 3.63) is 24.3 Å². The summed E-state index contributed by atoms with van der Waals surface area (Å²) >= 11 is 0. The highest BCUT2D eigenvalue weighted by molar-refractivity contribution is 6.04. The number of amides is 2. The zero-order chi connectivity index (χ0) is 17.6. The predicted octanol–water partition coefficient (Wildman–Crippen LogP) is 3.01. The zero-order valence-corrected chi connectivity index (χ0v) is 15.1. The van der Waals surface area contributed by atoms with E-state index in [4.69, 9.17) is 0 Å². The molecule has 0 aromatic heterocycles. The van der Waals surface area contributed by atoms with E-state index in [9.17, 15) is 9.59 Å². The van der Waals surface area contributed by atoms with E-state index in [1.54, 1.807) is 0 Å². The number of rotatable bonds is 5. The van der Waals surface area contributed by atoms with Gasteiger partial charge in [0, 0.05) is 24.5 Å². The van der Waals surface area contributed by atoms with Gasteiger partial charge >= 0.3 is 0 Å². The van der Waals surface area contributed by atoms with E-state index in [1.807, 2.05) is 36.1 Å². The van der Waals surface area contributed by atoms with Crippen molar-refractivity contribution >= 4 is 23.2 Å². The molecule has 2 saturated carbocycles. The highest BCUT2D eigenvalue weighted by Gasteiger charge is 2.41. The van der Waals surface area contributed by atoms with Gasteiger partial charge in [0.05, 0.1) is 17.9 Å². The van der Waals surface area contributed by atoms with Gasteiger partial charge in [0.2, 0.25) is 11.8 Å². The third kappa shape index (κ3) is 3.43. The Bertz CT molecular complexity index is 681. The van der Waals surface area contributed by atoms with Crippen LogP contribution in [-0.2, 0) is 9.59 Å². The van der Waals surface area contributed by atoms with Crippen LogP contribution >= 0.6 is 0 Å². The van der Waals surface area contributed by atoms with Gasteiger partial charge in [-0.3, -0.25) is 14.5 Å². The van der Waals surface area contributed by atoms with Gasteiger partial charge in [-0.05, 0) is 57.6 Å². The maximum absolute atomic E-state index is 13.3. The lowest BCUT2D eigenvalue weighted by atomic mass is 10.1. The summed E-state index contributed by atoms with van der Waals surface area (Å²) in [5.74, 6) is 0.835. The zero-order valence-electron chi connectivity index (χ0n) is 15.1. The predicted molar refractivity (Wildman–Crippen MR) is 98.6 cm³/mol. The summed E-state index contributed by atoms with van der Waals surface area (Å²) in [6.45, 7) is 4.69. The molecule has 4 rings (SSSR count). The smallest absolute Gasteiger partial charge is 0.241 e. The van der Waals surface area contributed by atoms with Crippen molar-refractivity contribution in [3.63, 3.8) is 0 Å². The van der Waals surface area contributed by atoms with Crippen molar-refractivity contribution in [1.82, 2.24) is 4.90 Å². The van der Waals surface area contributed by atoms with E-state index in [0.29, 0.717) is 25.0 Å². The van der Waals surface area contributed by atoms with Gasteiger partial charge in [0.15, 0.2) is 0 Å². The molecule has 5 heteroatoms. The van der Waals surface area contributed by atoms with E-state index in [2.05, 4.69) is 17.1 Å². The lowest BCUT2D eigenvalue weighted by Gasteiger charge is -2.33. The maximum Gasteiger partial charge on any atom is 0.241 e. The largest absolute Gasteiger partial charge is 0.324 e. The molecular formula is C20H27N3O2. The van der Waals surface area contributed by atoms with E-state index in [0.717, 1.165) is 17.3 Å². The number of fused-ring (bicyclic) bond motifs is 1. The number of hydrogen-bond acceptors (Lipinski definition) is 3. The average molecular weight is 341 g/mol. The molecule has 1 aromatic carbocycles. The molecule has 134 valence electrons. The van der Waals surface area contributed by atoms with Crippen LogP contribution in [0, 0.1) is 5.92 Å². The van der Waals surface area contributed by atoms with Gasteiger partial charge in [0.25, 0.3) is 0 Å². The van der Waals surface area contributed by atoms with Crippen molar-refractivity contribution in [2.45, 2.75) is 64.1 Å². The second-order valence-corrected chi connectivity index (χ2v) is 7.86. The number of hydrogen-bond donors (Lipinski definition) is 1. The normalized spacial score (nSPS) is 24.5. The molecule has 0 spiro atoms. The Morgan fingerprint density at radius 3 is 2.68 bits per heavy atom. The number of nitrogens with one attached hydrogen (secondary N) is 1. The topological polar surface area (TPSA) is 52.7 Å². The minimum Gasteiger partial charge on any atom is -0.324 e. The second kappa shape index (κ2) is 6.45. The van der Waals surface area contributed by atoms with Gasteiger partial charge in [-0.15, -0.1) is 0 Å². The fourth-order valence-electron chi connectivity index (χ4n) is 4.06. The van der Waals surface area contributed by atoms with Crippen molar-refractivity contribution in [2.75, 3.05) is 16.8 Å². The molecule has 0 radical (unpaired) electrons. The molecule has 0 bridgehead atoms. The van der Waals surface area contributed by atoms with Crippen molar-refractivity contribution in [1.29, 1.82) is 0 Å². The quantitative estimate of drug-likeness (QED) is 0.896. The average Bonchev–Trinajstić information content (AvgIpc) is 3.46. The molecule has 3 aliphatic rings. The monoisotopic (exact) mass is 341 g/mol. The molecular weight excluding hydrogens is 314 g/mol. The minimum atomic E-state index is -0.131. The third-order valence-electron chi connectivity index (χ3n) is 5.79. The SMILES string of the molecule is CC1CC(=O)Nc2ccccc2N1C(=O)CN(C1CC1)C(C)C1CC1. The van der Waals surface area contributed by atoms with Crippen molar-refractivity contribution in [3.8, 4) is 0 Å². The fourth-order valence-corrected chi connectivity index (χ4v) is 4.06. The van der Waals surface area contributed by atoms with Crippen LogP contribution in [-0.4, -0.2) is 41.4 Å². The second-order valence-electron chi connectivity index (χ2n) is 7.86. The molecule has 0 saturated heterocycles. The van der Waals surface area contributed by atoms with E-state index in [1.165, 1.54) is 25.7 Å². The standard InChI is InChI=1S/C20H27N3O2/c1-13-11-19(24)21-17-5-3-4-6-18(17)23(13)20(25)12-22(16-9-10-16)14(2)15-7-8-15/h3-6,13-16H,7-12H2,1-2H3,(H,21,24). The summed E-state index contributed by atoms with van der Waals surface area (Å²) in [5, 5.41) is 2.93. The summed E-state index contributed by atoms with van der Waals surface area (Å²) in [4.78, 5) is 29.6. The van der Waals surface area contributed by atoms with E-state index < -0.39 is 0 Å². The molecule has 1 aliphatic heterocycles. The van der Waals surface area contributed by atoms with Gasteiger partial charge in [-0.1, -0.05) is 12.1 Å². The Morgan fingerprint density at radius 2 is 2.00 bits per heavy atom. The van der Waals surface area contributed by atoms with Crippen LogP contribution in [0.2, 0.25) is 0 Å². The van der Waals surface area contributed by atoms with Crippen LogP contribution in [0.15, 0.2) is 24.3 Å². The Hall–Kier alpha value is -1.88. The van der Waals surface area contributed by atoms with Crippen LogP contribution in [0.4, 0.5) is 11.4 Å². The maximum atomic E-state index is 13.3. The molecule has 2 amide bonds. The van der Waals surface area contributed by atoms with E-state index in [-0.39, 0.29) is 17.9 Å². The summed E-state index contributed by atoms with van der Waals surface area (Å²) < 4.78 is 0. The molecule has 1 heterocycles. The number of para-hydroxylation sites is 2. The van der Waals surface area contributed by atoms with Crippen LogP contribution in [0.1, 0.15) is 46.0 Å². The van der Waals surface area contributed by atoms with Crippen LogP contribution in [0.3, 0.4) is 0 Å². The Morgan fingerprint density at radius 1 is 1.28 bits per heavy atom. The first-order valence-electron chi connectivity index (χ1n) is 9.51. The molecule has 5 nitrogen and oxygen atoms in total. The molecule has 2 aliphatic carbocycles. The van der Waals surface area contributed by atoms with Gasteiger partial charge in [-0.25, -0.2) is 0 Å². The van der Waals surface area contributed by atoms with Crippen molar-refractivity contribution in [2.24, 2.45) is 5.92 Å².